The van der Waals surface area contributed by atoms with E-state index in [4.69, 9.17) is 16.2 Å². The number of ketones is 1. The van der Waals surface area contributed by atoms with Gasteiger partial charge in [-0.25, -0.2) is 0 Å². The fourth-order valence-corrected chi connectivity index (χ4v) is 4.63. The molecule has 1 aliphatic rings. The molecule has 1 saturated heterocycles. The van der Waals surface area contributed by atoms with E-state index in [2.05, 4.69) is 16.0 Å². The van der Waals surface area contributed by atoms with Gasteiger partial charge in [-0.05, 0) is 25.0 Å². The number of carbonyl (C=O) groups excluding carboxylic acids is 1. The molecule has 1 aromatic carbocycles. The van der Waals surface area contributed by atoms with Crippen molar-refractivity contribution in [1.82, 2.24) is 4.98 Å². The van der Waals surface area contributed by atoms with Crippen molar-refractivity contribution in [3.8, 4) is 5.75 Å². The Balaban J connectivity index is 1.74. The van der Waals surface area contributed by atoms with Crippen LogP contribution in [0.2, 0.25) is 0 Å². The van der Waals surface area contributed by atoms with E-state index < -0.39 is 0 Å². The number of anilines is 2. The van der Waals surface area contributed by atoms with Gasteiger partial charge in [0, 0.05) is 60.5 Å². The zero-order valence-electron chi connectivity index (χ0n) is 15.9. The van der Waals surface area contributed by atoms with Crippen molar-refractivity contribution in [3.05, 3.63) is 47.1 Å². The monoisotopic (exact) mass is 396 g/mol. The minimum Gasteiger partial charge on any atom is -0.488 e. The molecule has 0 radical (unpaired) electrons. The van der Waals surface area contributed by atoms with Gasteiger partial charge in [0.1, 0.15) is 12.4 Å². The zero-order valence-corrected chi connectivity index (χ0v) is 16.7. The summed E-state index contributed by atoms with van der Waals surface area (Å²) in [6, 6.07) is 8.26. The molecule has 1 aliphatic heterocycles. The van der Waals surface area contributed by atoms with Crippen LogP contribution in [-0.2, 0) is 6.61 Å². The van der Waals surface area contributed by atoms with Crippen molar-refractivity contribution in [2.75, 3.05) is 23.7 Å². The van der Waals surface area contributed by atoms with Crippen molar-refractivity contribution in [3.63, 3.8) is 0 Å². The molecule has 0 atom stereocenters. The van der Waals surface area contributed by atoms with Crippen LogP contribution in [0, 0.1) is 0 Å². The van der Waals surface area contributed by atoms with Gasteiger partial charge in [0.05, 0.1) is 16.0 Å². The maximum atomic E-state index is 12.0. The normalized spacial score (nSPS) is 15.1. The lowest BCUT2D eigenvalue weighted by Crippen LogP contribution is -2.39. The van der Waals surface area contributed by atoms with Crippen LogP contribution in [0.3, 0.4) is 0 Å². The number of carbonyl (C=O) groups is 1. The third-order valence-corrected chi connectivity index (χ3v) is 6.37. The number of pyridine rings is 1. The van der Waals surface area contributed by atoms with E-state index in [0.717, 1.165) is 47.3 Å². The van der Waals surface area contributed by atoms with E-state index in [1.165, 1.54) is 11.3 Å². The van der Waals surface area contributed by atoms with Gasteiger partial charge in [-0.15, -0.1) is 11.3 Å². The maximum Gasteiger partial charge on any atom is 0.171 e. The summed E-state index contributed by atoms with van der Waals surface area (Å²) in [5, 5.41) is 0.816. The average Bonchev–Trinajstić information content (AvgIpc) is 3.04. The van der Waals surface area contributed by atoms with Gasteiger partial charge < -0.3 is 21.1 Å². The van der Waals surface area contributed by atoms with Crippen molar-refractivity contribution >= 4 is 38.6 Å². The van der Waals surface area contributed by atoms with Gasteiger partial charge >= 0.3 is 0 Å². The molecule has 2 aromatic heterocycles. The molecule has 3 aromatic rings. The number of thiophene rings is 1. The van der Waals surface area contributed by atoms with Crippen molar-refractivity contribution in [1.29, 1.82) is 0 Å². The number of ether oxygens (including phenoxy) is 1. The first kappa shape index (κ1) is 18.7. The van der Waals surface area contributed by atoms with Gasteiger partial charge in [0.15, 0.2) is 5.78 Å². The molecule has 0 saturated carbocycles. The molecular weight excluding hydrogens is 372 g/mol. The Labute approximate surface area is 168 Å². The second-order valence-electron chi connectivity index (χ2n) is 7.19. The van der Waals surface area contributed by atoms with Crippen LogP contribution >= 0.6 is 11.3 Å². The fraction of sp³-hybridized carbons (Fsp3) is 0.333. The van der Waals surface area contributed by atoms with Gasteiger partial charge in [0.25, 0.3) is 0 Å². The highest BCUT2D eigenvalue weighted by Crippen LogP contribution is 2.43. The van der Waals surface area contributed by atoms with Crippen LogP contribution < -0.4 is 21.1 Å². The molecule has 0 spiro atoms. The maximum absolute atomic E-state index is 12.0. The highest BCUT2D eigenvalue weighted by molar-refractivity contribution is 7.21. The minimum absolute atomic E-state index is 0.0256. The van der Waals surface area contributed by atoms with Crippen LogP contribution in [0.4, 0.5) is 11.4 Å². The standard InChI is InChI=1S/C21H24N4O2S/c1-13(26)21-20(23)19-17(27-12-14-3-2-6-24-11-14)9-16(10-18(19)28-21)25-7-4-15(22)5-8-25/h2-3,6,9-11,15H,4-5,7-8,12,22-23H2,1H3. The summed E-state index contributed by atoms with van der Waals surface area (Å²) in [4.78, 5) is 19.0. The Bertz CT molecular complexity index is 995. The quantitative estimate of drug-likeness (QED) is 0.640. The zero-order chi connectivity index (χ0) is 19.7. The topological polar surface area (TPSA) is 94.5 Å². The average molecular weight is 397 g/mol. The van der Waals surface area contributed by atoms with E-state index in [0.29, 0.717) is 22.9 Å². The molecule has 0 aliphatic carbocycles. The number of Topliss-reactive ketones (excluding diaryl/α,β-unsaturated/α-hetero) is 1. The molecule has 28 heavy (non-hydrogen) atoms. The molecule has 0 unspecified atom stereocenters. The number of fused-ring (bicyclic) bond motifs is 1. The highest BCUT2D eigenvalue weighted by Gasteiger charge is 2.22. The third-order valence-electron chi connectivity index (χ3n) is 5.12. The molecule has 4 N–H and O–H groups in total. The molecule has 4 rings (SSSR count). The Morgan fingerprint density at radius 1 is 1.36 bits per heavy atom. The lowest BCUT2D eigenvalue weighted by molar-refractivity contribution is 0.102. The van der Waals surface area contributed by atoms with Crippen LogP contribution in [0.15, 0.2) is 36.7 Å². The largest absolute Gasteiger partial charge is 0.488 e. The van der Waals surface area contributed by atoms with E-state index in [1.54, 1.807) is 19.3 Å². The molecular formula is C21H24N4O2S. The predicted molar refractivity (Wildman–Crippen MR) is 114 cm³/mol. The fourth-order valence-electron chi connectivity index (χ4n) is 3.56. The number of benzene rings is 1. The SMILES string of the molecule is CC(=O)c1sc2cc(N3CCC(N)CC3)cc(OCc3cccnc3)c2c1N. The number of nitrogens with zero attached hydrogens (tertiary/aromatic N) is 2. The first-order valence-electron chi connectivity index (χ1n) is 9.42. The number of aromatic nitrogens is 1. The second-order valence-corrected chi connectivity index (χ2v) is 8.24. The summed E-state index contributed by atoms with van der Waals surface area (Å²) in [5.74, 6) is 0.676. The van der Waals surface area contributed by atoms with Gasteiger partial charge in [-0.1, -0.05) is 6.07 Å². The lowest BCUT2D eigenvalue weighted by atomic mass is 10.0. The van der Waals surface area contributed by atoms with E-state index in [-0.39, 0.29) is 11.8 Å². The summed E-state index contributed by atoms with van der Waals surface area (Å²) >= 11 is 1.43. The number of nitrogen functional groups attached to an aromatic ring is 1. The van der Waals surface area contributed by atoms with Crippen LogP contribution in [0.5, 0.6) is 5.75 Å². The smallest absolute Gasteiger partial charge is 0.171 e. The molecule has 6 nitrogen and oxygen atoms in total. The number of rotatable bonds is 5. The van der Waals surface area contributed by atoms with Gasteiger partial charge in [-0.2, -0.15) is 0 Å². The Morgan fingerprint density at radius 3 is 2.82 bits per heavy atom. The summed E-state index contributed by atoms with van der Waals surface area (Å²) in [7, 11) is 0. The molecule has 0 amide bonds. The summed E-state index contributed by atoms with van der Waals surface area (Å²) in [6.07, 6.45) is 5.45. The Hall–Kier alpha value is -2.64. The molecule has 0 bridgehead atoms. The third kappa shape index (κ3) is 3.68. The lowest BCUT2D eigenvalue weighted by Gasteiger charge is -2.32. The number of hydrogen-bond acceptors (Lipinski definition) is 7. The van der Waals surface area contributed by atoms with Crippen LogP contribution in [-0.4, -0.2) is 29.9 Å². The van der Waals surface area contributed by atoms with E-state index in [1.807, 2.05) is 18.2 Å². The van der Waals surface area contributed by atoms with Crippen LogP contribution in [0.1, 0.15) is 35.0 Å². The minimum atomic E-state index is -0.0256. The van der Waals surface area contributed by atoms with Gasteiger partial charge in [0.2, 0.25) is 0 Å². The molecule has 7 heteroatoms. The molecule has 1 fully saturated rings. The number of piperidine rings is 1. The van der Waals surface area contributed by atoms with Gasteiger partial charge in [-0.3, -0.25) is 9.78 Å². The highest BCUT2D eigenvalue weighted by atomic mass is 32.1. The number of hydrogen-bond donors (Lipinski definition) is 2. The van der Waals surface area contributed by atoms with Crippen molar-refractivity contribution in [2.45, 2.75) is 32.4 Å². The summed E-state index contributed by atoms with van der Waals surface area (Å²) in [5.41, 5.74) is 14.9. The first-order valence-corrected chi connectivity index (χ1v) is 10.2. The van der Waals surface area contributed by atoms with Crippen molar-refractivity contribution < 1.29 is 9.53 Å². The second kappa shape index (κ2) is 7.77. The molecule has 146 valence electrons. The van der Waals surface area contributed by atoms with E-state index in [9.17, 15) is 4.79 Å². The Morgan fingerprint density at radius 2 is 2.14 bits per heavy atom. The summed E-state index contributed by atoms with van der Waals surface area (Å²) in [6.45, 7) is 3.76. The molecule has 3 heterocycles. The van der Waals surface area contributed by atoms with Crippen molar-refractivity contribution in [2.24, 2.45) is 5.73 Å². The first-order chi connectivity index (χ1) is 13.5. The summed E-state index contributed by atoms with van der Waals surface area (Å²) < 4.78 is 7.12. The van der Waals surface area contributed by atoms with Crippen LogP contribution in [0.25, 0.3) is 10.1 Å². The predicted octanol–water partition coefficient (Wildman–Crippen LogP) is 3.59. The van der Waals surface area contributed by atoms with E-state index >= 15 is 0 Å². The Kier molecular flexibility index (Phi) is 5.19. The number of nitrogens with two attached hydrogens (primary N) is 2.